The Labute approximate surface area is 153 Å². The Morgan fingerprint density at radius 2 is 1.80 bits per heavy atom. The van der Waals surface area contributed by atoms with Gasteiger partial charge in [0.2, 0.25) is 5.91 Å². The van der Waals surface area contributed by atoms with Crippen molar-refractivity contribution in [3.05, 3.63) is 59.4 Å². The second kappa shape index (κ2) is 6.68. The number of carbonyl (C=O) groups excluding carboxylic acids is 1. The van der Waals surface area contributed by atoms with Crippen LogP contribution in [0.25, 0.3) is 0 Å². The van der Waals surface area contributed by atoms with Gasteiger partial charge in [-0.2, -0.15) is 0 Å². The van der Waals surface area contributed by atoms with Crippen LogP contribution in [0.2, 0.25) is 0 Å². The van der Waals surface area contributed by atoms with Crippen molar-refractivity contribution in [2.24, 2.45) is 0 Å². The highest BCUT2D eigenvalue weighted by atomic mass is 35.5. The van der Waals surface area contributed by atoms with Crippen LogP contribution in [-0.2, 0) is 16.6 Å². The minimum Gasteiger partial charge on any atom is -0.399 e. The molecule has 1 amide bonds. The third-order valence-corrected chi connectivity index (χ3v) is 5.47. The van der Waals surface area contributed by atoms with Gasteiger partial charge in [-0.1, -0.05) is 31.0 Å². The topological polar surface area (TPSA) is 46.3 Å². The molecule has 132 valence electrons. The Balaban J connectivity index is 0.00000182. The number of amides is 1. The molecule has 0 bridgehead atoms. The van der Waals surface area contributed by atoms with Crippen LogP contribution < -0.4 is 10.6 Å². The predicted octanol–water partition coefficient (Wildman–Crippen LogP) is 4.23. The van der Waals surface area contributed by atoms with E-state index in [1.54, 1.807) is 23.1 Å². The SMILES string of the molecule is Cl.Nc1ccc(CC(=O)N2CC3(CCCC3)c3c(F)cccc32)cc1. The lowest BCUT2D eigenvalue weighted by Crippen LogP contribution is -2.36. The van der Waals surface area contributed by atoms with Crippen molar-refractivity contribution in [2.75, 3.05) is 17.2 Å². The van der Waals surface area contributed by atoms with Crippen LogP contribution in [0.3, 0.4) is 0 Å². The minimum atomic E-state index is -0.183. The van der Waals surface area contributed by atoms with Crippen molar-refractivity contribution in [1.82, 2.24) is 0 Å². The molecule has 0 saturated heterocycles. The molecular formula is C20H22ClFN2O. The summed E-state index contributed by atoms with van der Waals surface area (Å²) in [7, 11) is 0. The standard InChI is InChI=1S/C20H21FN2O.ClH/c21-16-4-3-5-17-19(16)20(10-1-2-11-20)13-23(17)18(24)12-14-6-8-15(22)9-7-14;/h3-9H,1-2,10-13,22H2;1H. The molecule has 1 spiro atoms. The number of carbonyl (C=O) groups is 1. The lowest BCUT2D eigenvalue weighted by molar-refractivity contribution is -0.118. The van der Waals surface area contributed by atoms with Gasteiger partial charge >= 0.3 is 0 Å². The zero-order chi connectivity index (χ0) is 16.7. The molecule has 4 rings (SSSR count). The number of hydrogen-bond donors (Lipinski definition) is 1. The number of benzene rings is 2. The van der Waals surface area contributed by atoms with Gasteiger partial charge in [-0.25, -0.2) is 4.39 Å². The fourth-order valence-corrected chi connectivity index (χ4v) is 4.32. The van der Waals surface area contributed by atoms with Gasteiger partial charge in [0.25, 0.3) is 0 Å². The summed E-state index contributed by atoms with van der Waals surface area (Å²) in [6.45, 7) is 0.608. The number of nitrogen functional groups attached to an aromatic ring is 1. The number of hydrogen-bond acceptors (Lipinski definition) is 2. The average molecular weight is 361 g/mol. The molecule has 0 unspecified atom stereocenters. The van der Waals surface area contributed by atoms with Gasteiger partial charge < -0.3 is 10.6 Å². The van der Waals surface area contributed by atoms with Crippen molar-refractivity contribution in [2.45, 2.75) is 37.5 Å². The van der Waals surface area contributed by atoms with Gasteiger partial charge in [-0.3, -0.25) is 4.79 Å². The van der Waals surface area contributed by atoms with E-state index in [0.717, 1.165) is 42.5 Å². The summed E-state index contributed by atoms with van der Waals surface area (Å²) < 4.78 is 14.5. The fourth-order valence-electron chi connectivity index (χ4n) is 4.32. The highest BCUT2D eigenvalue weighted by Gasteiger charge is 2.47. The van der Waals surface area contributed by atoms with Crippen LogP contribution in [0.4, 0.5) is 15.8 Å². The Kier molecular flexibility index (Phi) is 4.74. The van der Waals surface area contributed by atoms with Crippen LogP contribution in [0.1, 0.15) is 36.8 Å². The summed E-state index contributed by atoms with van der Waals surface area (Å²) in [5.41, 5.74) is 8.65. The van der Waals surface area contributed by atoms with E-state index < -0.39 is 0 Å². The molecule has 2 aliphatic rings. The highest BCUT2D eigenvalue weighted by molar-refractivity contribution is 5.97. The number of halogens is 2. The maximum Gasteiger partial charge on any atom is 0.231 e. The first-order valence-corrected chi connectivity index (χ1v) is 8.53. The second-order valence-electron chi connectivity index (χ2n) is 7.02. The normalized spacial score (nSPS) is 17.4. The first-order valence-electron chi connectivity index (χ1n) is 8.53. The molecule has 2 N–H and O–H groups in total. The summed E-state index contributed by atoms with van der Waals surface area (Å²) in [6.07, 6.45) is 4.45. The van der Waals surface area contributed by atoms with E-state index in [2.05, 4.69) is 0 Å². The minimum absolute atomic E-state index is 0. The summed E-state index contributed by atoms with van der Waals surface area (Å²) in [6, 6.07) is 12.5. The fraction of sp³-hybridized carbons (Fsp3) is 0.350. The lowest BCUT2D eigenvalue weighted by atomic mass is 9.80. The molecule has 2 aromatic rings. The Hall–Kier alpha value is -2.07. The molecule has 1 heterocycles. The molecule has 1 aliphatic carbocycles. The van der Waals surface area contributed by atoms with Crippen molar-refractivity contribution in [3.8, 4) is 0 Å². The Morgan fingerprint density at radius 1 is 1.12 bits per heavy atom. The van der Waals surface area contributed by atoms with Gasteiger partial charge in [0.1, 0.15) is 5.82 Å². The zero-order valence-electron chi connectivity index (χ0n) is 14.0. The van der Waals surface area contributed by atoms with E-state index in [9.17, 15) is 9.18 Å². The summed E-state index contributed by atoms with van der Waals surface area (Å²) in [4.78, 5) is 14.7. The third kappa shape index (κ3) is 2.99. The maximum atomic E-state index is 14.5. The summed E-state index contributed by atoms with van der Waals surface area (Å²) in [5.74, 6) is -0.146. The Bertz CT molecular complexity index is 785. The van der Waals surface area contributed by atoms with Gasteiger partial charge in [-0.15, -0.1) is 12.4 Å². The van der Waals surface area contributed by atoms with Crippen molar-refractivity contribution in [1.29, 1.82) is 0 Å². The average Bonchev–Trinajstić information content (AvgIpc) is 3.17. The van der Waals surface area contributed by atoms with E-state index in [4.69, 9.17) is 5.73 Å². The number of nitrogens with zero attached hydrogens (tertiary/aromatic N) is 1. The van der Waals surface area contributed by atoms with Gasteiger partial charge in [0.15, 0.2) is 0 Å². The Morgan fingerprint density at radius 3 is 2.48 bits per heavy atom. The van der Waals surface area contributed by atoms with Crippen molar-refractivity contribution < 1.29 is 9.18 Å². The van der Waals surface area contributed by atoms with Crippen LogP contribution in [0.15, 0.2) is 42.5 Å². The molecule has 2 aromatic carbocycles. The number of nitrogens with two attached hydrogens (primary N) is 1. The van der Waals surface area contributed by atoms with Gasteiger partial charge in [0, 0.05) is 23.2 Å². The third-order valence-electron chi connectivity index (χ3n) is 5.47. The van der Waals surface area contributed by atoms with Gasteiger partial charge in [-0.05, 0) is 42.7 Å². The number of fused-ring (bicyclic) bond motifs is 2. The van der Waals surface area contributed by atoms with E-state index >= 15 is 0 Å². The second-order valence-corrected chi connectivity index (χ2v) is 7.02. The van der Waals surface area contributed by atoms with E-state index in [-0.39, 0.29) is 29.5 Å². The van der Waals surface area contributed by atoms with Gasteiger partial charge in [0.05, 0.1) is 12.1 Å². The first-order chi connectivity index (χ1) is 11.6. The molecular weight excluding hydrogens is 339 g/mol. The summed E-state index contributed by atoms with van der Waals surface area (Å²) in [5, 5.41) is 0. The molecule has 1 saturated carbocycles. The summed E-state index contributed by atoms with van der Waals surface area (Å²) >= 11 is 0. The molecule has 1 aliphatic heterocycles. The van der Waals surface area contributed by atoms with Crippen LogP contribution in [0, 0.1) is 5.82 Å². The lowest BCUT2D eigenvalue weighted by Gasteiger charge is -2.25. The molecule has 3 nitrogen and oxygen atoms in total. The monoisotopic (exact) mass is 360 g/mol. The van der Waals surface area contributed by atoms with E-state index in [1.165, 1.54) is 6.07 Å². The van der Waals surface area contributed by atoms with Crippen molar-refractivity contribution in [3.63, 3.8) is 0 Å². The smallest absolute Gasteiger partial charge is 0.231 e. The largest absolute Gasteiger partial charge is 0.399 e. The zero-order valence-corrected chi connectivity index (χ0v) is 14.8. The van der Waals surface area contributed by atoms with E-state index in [1.807, 2.05) is 18.2 Å². The number of anilines is 2. The molecule has 25 heavy (non-hydrogen) atoms. The van der Waals surface area contributed by atoms with Crippen LogP contribution >= 0.6 is 12.4 Å². The van der Waals surface area contributed by atoms with E-state index in [0.29, 0.717) is 18.7 Å². The molecule has 0 atom stereocenters. The predicted molar refractivity (Wildman–Crippen MR) is 101 cm³/mol. The highest BCUT2D eigenvalue weighted by Crippen LogP contribution is 2.51. The van der Waals surface area contributed by atoms with Crippen LogP contribution in [0.5, 0.6) is 0 Å². The molecule has 0 aromatic heterocycles. The van der Waals surface area contributed by atoms with Crippen molar-refractivity contribution >= 4 is 29.7 Å². The van der Waals surface area contributed by atoms with Crippen LogP contribution in [-0.4, -0.2) is 12.5 Å². The molecule has 1 fully saturated rings. The molecule has 5 heteroatoms. The molecule has 0 radical (unpaired) electrons. The maximum absolute atomic E-state index is 14.5. The quantitative estimate of drug-likeness (QED) is 0.814. The number of rotatable bonds is 2. The first kappa shape index (κ1) is 17.7.